The summed E-state index contributed by atoms with van der Waals surface area (Å²) >= 11 is 0. The smallest absolute Gasteiger partial charge is 0.263 e. The van der Waals surface area contributed by atoms with Crippen LogP contribution in [0.4, 0.5) is 0 Å². The van der Waals surface area contributed by atoms with Gasteiger partial charge in [-0.25, -0.2) is 0 Å². The average molecular weight is 511 g/mol. The lowest BCUT2D eigenvalue weighted by Gasteiger charge is -2.30. The van der Waals surface area contributed by atoms with Crippen molar-refractivity contribution in [2.24, 2.45) is 0 Å². The predicted molar refractivity (Wildman–Crippen MR) is 161 cm³/mol. The molecule has 2 aliphatic rings. The molecule has 0 saturated heterocycles. The first-order valence-corrected chi connectivity index (χ1v) is 13.6. The lowest BCUT2D eigenvalue weighted by molar-refractivity contribution is 0.792. The van der Waals surface area contributed by atoms with Gasteiger partial charge in [-0.2, -0.15) is 0 Å². The summed E-state index contributed by atoms with van der Waals surface area (Å²) in [6.07, 6.45) is 1.80. The molecule has 0 aliphatic heterocycles. The molecule has 0 atom stereocenters. The van der Waals surface area contributed by atoms with Crippen LogP contribution in [-0.4, -0.2) is 9.55 Å². The topological polar surface area (TPSA) is 34.9 Å². The second-order valence-corrected chi connectivity index (χ2v) is 10.7. The van der Waals surface area contributed by atoms with Crippen molar-refractivity contribution < 1.29 is 0 Å². The Balaban J connectivity index is 1.43. The van der Waals surface area contributed by atoms with Crippen molar-refractivity contribution in [3.05, 3.63) is 166 Å². The maximum Gasteiger partial charge on any atom is 0.263 e. The van der Waals surface area contributed by atoms with Crippen LogP contribution < -0.4 is 5.56 Å². The van der Waals surface area contributed by atoms with Gasteiger partial charge >= 0.3 is 0 Å². The van der Waals surface area contributed by atoms with E-state index in [1.165, 1.54) is 44.5 Å². The van der Waals surface area contributed by atoms with Gasteiger partial charge in [0.2, 0.25) is 0 Å². The number of benzene rings is 5. The van der Waals surface area contributed by atoms with Gasteiger partial charge in [-0.1, -0.05) is 97.1 Å². The van der Waals surface area contributed by atoms with Crippen LogP contribution in [0.15, 0.2) is 138 Å². The maximum absolute atomic E-state index is 14.1. The highest BCUT2D eigenvalue weighted by molar-refractivity contribution is 6.04. The van der Waals surface area contributed by atoms with E-state index in [-0.39, 0.29) is 5.56 Å². The minimum absolute atomic E-state index is 0.0344. The molecule has 7 aromatic rings. The van der Waals surface area contributed by atoms with Crippen molar-refractivity contribution in [2.45, 2.75) is 5.41 Å². The molecule has 5 aromatic carbocycles. The van der Waals surface area contributed by atoms with Crippen LogP contribution >= 0.6 is 0 Å². The Labute approximate surface area is 230 Å². The molecule has 0 saturated carbocycles. The number of hydrogen-bond donors (Lipinski definition) is 0. The summed E-state index contributed by atoms with van der Waals surface area (Å²) in [5, 5.41) is 1.55. The lowest BCUT2D eigenvalue weighted by atomic mass is 9.70. The van der Waals surface area contributed by atoms with Crippen molar-refractivity contribution in [1.29, 1.82) is 0 Å². The van der Waals surface area contributed by atoms with Gasteiger partial charge in [0, 0.05) is 22.7 Å². The molecule has 0 amide bonds. The Morgan fingerprint density at radius 2 is 1.07 bits per heavy atom. The molecule has 3 nitrogen and oxygen atoms in total. The summed E-state index contributed by atoms with van der Waals surface area (Å²) in [5.74, 6) is 0. The van der Waals surface area contributed by atoms with Crippen LogP contribution in [0.2, 0.25) is 0 Å². The zero-order valence-corrected chi connectivity index (χ0v) is 21.5. The van der Waals surface area contributed by atoms with E-state index in [0.717, 1.165) is 22.1 Å². The second kappa shape index (κ2) is 7.64. The van der Waals surface area contributed by atoms with E-state index < -0.39 is 5.41 Å². The van der Waals surface area contributed by atoms with E-state index in [4.69, 9.17) is 4.98 Å². The summed E-state index contributed by atoms with van der Waals surface area (Å²) in [6, 6.07) is 44.5. The van der Waals surface area contributed by atoms with Crippen LogP contribution in [0.3, 0.4) is 0 Å². The van der Waals surface area contributed by atoms with Crippen LogP contribution in [0, 0.1) is 0 Å². The number of pyridine rings is 2. The Bertz CT molecular complexity index is 2200. The molecule has 0 radical (unpaired) electrons. The van der Waals surface area contributed by atoms with E-state index in [1.54, 1.807) is 6.20 Å². The summed E-state index contributed by atoms with van der Waals surface area (Å²) in [5.41, 5.74) is 12.1. The highest BCUT2D eigenvalue weighted by Crippen LogP contribution is 2.62. The highest BCUT2D eigenvalue weighted by Gasteiger charge is 2.51. The molecule has 1 spiro atoms. The minimum atomic E-state index is -0.455. The molecule has 40 heavy (non-hydrogen) atoms. The van der Waals surface area contributed by atoms with Gasteiger partial charge in [0.15, 0.2) is 0 Å². The van der Waals surface area contributed by atoms with Crippen molar-refractivity contribution in [2.75, 3.05) is 0 Å². The average Bonchev–Trinajstić information content (AvgIpc) is 3.48. The van der Waals surface area contributed by atoms with Gasteiger partial charge in [-0.3, -0.25) is 14.3 Å². The Kier molecular flexibility index (Phi) is 4.13. The first-order chi connectivity index (χ1) is 19.8. The largest absolute Gasteiger partial charge is 0.275 e. The Hall–Kier alpha value is -5.28. The van der Waals surface area contributed by atoms with Gasteiger partial charge in [-0.15, -0.1) is 0 Å². The molecule has 9 rings (SSSR count). The SMILES string of the molecule is O=c1c2ccccc2c2ncccc2n1-c1ccc2c(c1)C1(c3ccccc3-c3ccccc31)c1ccccc1-2. The third kappa shape index (κ3) is 2.50. The number of aromatic nitrogens is 2. The molecule has 0 bridgehead atoms. The van der Waals surface area contributed by atoms with E-state index in [0.29, 0.717) is 5.39 Å². The van der Waals surface area contributed by atoms with Crippen molar-refractivity contribution in [3.63, 3.8) is 0 Å². The third-order valence-corrected chi connectivity index (χ3v) is 8.88. The van der Waals surface area contributed by atoms with Gasteiger partial charge < -0.3 is 0 Å². The fourth-order valence-electron chi connectivity index (χ4n) is 7.37. The van der Waals surface area contributed by atoms with Crippen LogP contribution in [-0.2, 0) is 5.41 Å². The first-order valence-electron chi connectivity index (χ1n) is 13.6. The fourth-order valence-corrected chi connectivity index (χ4v) is 7.37. The number of hydrogen-bond acceptors (Lipinski definition) is 2. The number of nitrogens with zero attached hydrogens (tertiary/aromatic N) is 2. The standard InChI is InChI=1S/C37H22N2O/c40-36-29-14-2-1-13-28(29)35-34(18-9-21-38-35)39(36)23-19-20-27-26-12-5-8-17-32(26)37(33(27)22-23)30-15-6-3-10-24(30)25-11-4-7-16-31(25)37/h1-22H. The highest BCUT2D eigenvalue weighted by atomic mass is 16.1. The Morgan fingerprint density at radius 3 is 1.73 bits per heavy atom. The molecular formula is C37H22N2O. The molecular weight excluding hydrogens is 488 g/mol. The molecule has 3 heteroatoms. The molecule has 2 heterocycles. The quantitative estimate of drug-likeness (QED) is 0.211. The van der Waals surface area contributed by atoms with E-state index in [1.807, 2.05) is 41.0 Å². The molecule has 2 aliphatic carbocycles. The van der Waals surface area contributed by atoms with Crippen molar-refractivity contribution in [1.82, 2.24) is 9.55 Å². The summed E-state index contributed by atoms with van der Waals surface area (Å²) in [6.45, 7) is 0. The van der Waals surface area contributed by atoms with E-state index >= 15 is 0 Å². The minimum Gasteiger partial charge on any atom is -0.275 e. The second-order valence-electron chi connectivity index (χ2n) is 10.7. The van der Waals surface area contributed by atoms with Gasteiger partial charge in [-0.05, 0) is 74.8 Å². The molecule has 0 unspecified atom stereocenters. The third-order valence-electron chi connectivity index (χ3n) is 8.88. The fraction of sp³-hybridized carbons (Fsp3) is 0.0270. The zero-order valence-electron chi connectivity index (χ0n) is 21.5. The predicted octanol–water partition coefficient (Wildman–Crippen LogP) is 7.88. The van der Waals surface area contributed by atoms with Crippen molar-refractivity contribution in [3.8, 4) is 27.9 Å². The molecule has 0 N–H and O–H groups in total. The van der Waals surface area contributed by atoms with Gasteiger partial charge in [0.05, 0.1) is 16.4 Å². The molecule has 186 valence electrons. The number of fused-ring (bicyclic) bond motifs is 13. The monoisotopic (exact) mass is 510 g/mol. The van der Waals surface area contributed by atoms with Crippen LogP contribution in [0.1, 0.15) is 22.3 Å². The normalized spacial score (nSPS) is 13.8. The maximum atomic E-state index is 14.1. The van der Waals surface area contributed by atoms with E-state index in [2.05, 4.69) is 91.0 Å². The van der Waals surface area contributed by atoms with Crippen LogP contribution in [0.5, 0.6) is 0 Å². The van der Waals surface area contributed by atoms with Crippen molar-refractivity contribution >= 4 is 21.8 Å². The van der Waals surface area contributed by atoms with Gasteiger partial charge in [0.25, 0.3) is 5.56 Å². The first kappa shape index (κ1) is 21.6. The number of rotatable bonds is 1. The van der Waals surface area contributed by atoms with E-state index in [9.17, 15) is 4.79 Å². The summed E-state index contributed by atoms with van der Waals surface area (Å²) in [7, 11) is 0. The zero-order chi connectivity index (χ0) is 26.4. The Morgan fingerprint density at radius 1 is 0.525 bits per heavy atom. The molecule has 2 aromatic heterocycles. The van der Waals surface area contributed by atoms with Gasteiger partial charge in [0.1, 0.15) is 0 Å². The summed E-state index contributed by atoms with van der Waals surface area (Å²) < 4.78 is 1.84. The molecule has 0 fully saturated rings. The van der Waals surface area contributed by atoms with Crippen LogP contribution in [0.25, 0.3) is 49.7 Å². The lowest BCUT2D eigenvalue weighted by Crippen LogP contribution is -2.26. The summed E-state index contributed by atoms with van der Waals surface area (Å²) in [4.78, 5) is 18.8.